The molecular weight excluding hydrogens is 429 g/mol. The highest BCUT2D eigenvalue weighted by Crippen LogP contribution is 2.36. The second kappa shape index (κ2) is 10.9. The molecule has 1 aliphatic heterocycles. The van der Waals surface area contributed by atoms with Crippen LogP contribution in [-0.2, 0) is 6.54 Å². The molecule has 3 heterocycles. The highest BCUT2D eigenvalue weighted by atomic mass is 19.4. The van der Waals surface area contributed by atoms with E-state index in [9.17, 15) is 13.2 Å². The van der Waals surface area contributed by atoms with Gasteiger partial charge in [0.25, 0.3) is 0 Å². The summed E-state index contributed by atoms with van der Waals surface area (Å²) in [5.41, 5.74) is 1.99. The van der Waals surface area contributed by atoms with Crippen LogP contribution in [0.15, 0.2) is 42.6 Å². The van der Waals surface area contributed by atoms with Gasteiger partial charge in [-0.1, -0.05) is 31.6 Å². The molecule has 0 aliphatic carbocycles. The summed E-state index contributed by atoms with van der Waals surface area (Å²) in [7, 11) is 0. The van der Waals surface area contributed by atoms with E-state index in [1.54, 1.807) is 32.2 Å². The van der Waals surface area contributed by atoms with Crippen molar-refractivity contribution in [2.24, 2.45) is 5.92 Å². The fourth-order valence-corrected chi connectivity index (χ4v) is 4.06. The molecule has 1 N–H and O–H groups in total. The summed E-state index contributed by atoms with van der Waals surface area (Å²) in [5, 5.41) is 8.13. The molecule has 5 nitrogen and oxygen atoms in total. The van der Waals surface area contributed by atoms with Crippen LogP contribution in [-0.4, -0.2) is 27.0 Å². The summed E-state index contributed by atoms with van der Waals surface area (Å²) >= 11 is 0. The van der Waals surface area contributed by atoms with E-state index < -0.39 is 12.1 Å². The molecule has 33 heavy (non-hydrogen) atoms. The van der Waals surface area contributed by atoms with E-state index in [-0.39, 0.29) is 18.6 Å². The Balaban J connectivity index is 1.93. The maximum atomic E-state index is 13.6. The van der Waals surface area contributed by atoms with E-state index in [0.29, 0.717) is 29.3 Å². The number of allylic oxidation sites excluding steroid dienone is 4. The van der Waals surface area contributed by atoms with Crippen molar-refractivity contribution in [3.8, 4) is 5.75 Å². The second-order valence-corrected chi connectivity index (χ2v) is 8.59. The molecule has 0 spiro atoms. The number of aryl methyl sites for hydroxylation is 1. The molecular formula is C25H33F3N4O. The van der Waals surface area contributed by atoms with Crippen LogP contribution in [0.2, 0.25) is 0 Å². The lowest BCUT2D eigenvalue weighted by Gasteiger charge is -2.26. The molecule has 0 fully saturated rings. The van der Waals surface area contributed by atoms with E-state index in [1.807, 2.05) is 36.7 Å². The van der Waals surface area contributed by atoms with Gasteiger partial charge in [0, 0.05) is 12.7 Å². The Kier molecular flexibility index (Phi) is 8.21. The van der Waals surface area contributed by atoms with Crippen LogP contribution in [0.25, 0.3) is 5.57 Å². The van der Waals surface area contributed by atoms with Crippen molar-refractivity contribution < 1.29 is 17.9 Å². The van der Waals surface area contributed by atoms with Gasteiger partial charge >= 0.3 is 6.18 Å². The Morgan fingerprint density at radius 3 is 2.82 bits per heavy atom. The molecule has 1 aliphatic rings. The predicted molar refractivity (Wildman–Crippen MR) is 125 cm³/mol. The number of pyridine rings is 1. The third-order valence-electron chi connectivity index (χ3n) is 5.52. The number of aromatic nitrogens is 3. The summed E-state index contributed by atoms with van der Waals surface area (Å²) in [4.78, 5) is 4.44. The summed E-state index contributed by atoms with van der Waals surface area (Å²) in [6.07, 6.45) is 4.50. The van der Waals surface area contributed by atoms with Crippen LogP contribution in [0.5, 0.6) is 5.75 Å². The number of nitrogens with zero attached hydrogens (tertiary/aromatic N) is 3. The lowest BCUT2D eigenvalue weighted by Crippen LogP contribution is -2.22. The van der Waals surface area contributed by atoms with Gasteiger partial charge < -0.3 is 10.1 Å². The fraction of sp³-hybridized carbons (Fsp3) is 0.520. The first-order chi connectivity index (χ1) is 15.7. The average Bonchev–Trinajstić information content (AvgIpc) is 3.18. The molecule has 2 atom stereocenters. The Hall–Kier alpha value is -2.77. The zero-order valence-corrected chi connectivity index (χ0v) is 19.7. The molecule has 2 aromatic rings. The van der Waals surface area contributed by atoms with E-state index in [1.165, 1.54) is 6.08 Å². The monoisotopic (exact) mass is 462 g/mol. The molecule has 0 bridgehead atoms. The van der Waals surface area contributed by atoms with Crippen LogP contribution in [0.3, 0.4) is 0 Å². The summed E-state index contributed by atoms with van der Waals surface area (Å²) in [6.45, 7) is 8.21. The predicted octanol–water partition coefficient (Wildman–Crippen LogP) is 6.95. The topological polar surface area (TPSA) is 52.0 Å². The molecule has 0 amide bonds. The zero-order chi connectivity index (χ0) is 24.0. The first-order valence-electron chi connectivity index (χ1n) is 11.6. The maximum Gasteiger partial charge on any atom is 0.395 e. The van der Waals surface area contributed by atoms with Crippen molar-refractivity contribution in [3.05, 3.63) is 54.0 Å². The van der Waals surface area contributed by atoms with Gasteiger partial charge in [0.2, 0.25) is 0 Å². The molecule has 0 radical (unpaired) electrons. The number of fused-ring (bicyclic) bond motifs is 1. The molecule has 2 unspecified atom stereocenters. The molecule has 3 rings (SSSR count). The second-order valence-electron chi connectivity index (χ2n) is 8.59. The molecule has 8 heteroatoms. The SMILES string of the molecule is C/C=C\C(=C/C(CCC)C(F)(F)F)c1cc2n(n1)CCCC2Nc1ncccc1OC(C)C. The molecule has 2 aromatic heterocycles. The number of alkyl halides is 3. The van der Waals surface area contributed by atoms with Crippen molar-refractivity contribution in [1.82, 2.24) is 14.8 Å². The Morgan fingerprint density at radius 1 is 1.36 bits per heavy atom. The highest BCUT2D eigenvalue weighted by molar-refractivity contribution is 5.72. The molecule has 180 valence electrons. The van der Waals surface area contributed by atoms with Crippen molar-refractivity contribution >= 4 is 11.4 Å². The minimum absolute atomic E-state index is 0.0106. The summed E-state index contributed by atoms with van der Waals surface area (Å²) in [5.74, 6) is -0.172. The molecule has 0 saturated heterocycles. The molecule has 0 saturated carbocycles. The van der Waals surface area contributed by atoms with Crippen LogP contribution in [0, 0.1) is 5.92 Å². The lowest BCUT2D eigenvalue weighted by molar-refractivity contribution is -0.162. The van der Waals surface area contributed by atoms with Gasteiger partial charge in [-0.05, 0) is 63.8 Å². The van der Waals surface area contributed by atoms with E-state index in [2.05, 4.69) is 15.4 Å². The molecule has 0 aromatic carbocycles. The van der Waals surface area contributed by atoms with E-state index in [0.717, 1.165) is 25.1 Å². The van der Waals surface area contributed by atoms with Gasteiger partial charge in [0.1, 0.15) is 0 Å². The van der Waals surface area contributed by atoms with Crippen LogP contribution in [0.1, 0.15) is 70.8 Å². The van der Waals surface area contributed by atoms with Gasteiger partial charge in [-0.3, -0.25) is 4.68 Å². The Labute approximate surface area is 193 Å². The number of hydrogen-bond acceptors (Lipinski definition) is 4. The highest BCUT2D eigenvalue weighted by Gasteiger charge is 2.37. The normalized spacial score (nSPS) is 17.9. The number of hydrogen-bond donors (Lipinski definition) is 1. The number of nitrogens with one attached hydrogen (secondary N) is 1. The van der Waals surface area contributed by atoms with Crippen molar-refractivity contribution in [1.29, 1.82) is 0 Å². The maximum absolute atomic E-state index is 13.6. The quantitative estimate of drug-likeness (QED) is 0.410. The van der Waals surface area contributed by atoms with Gasteiger partial charge in [0.05, 0.1) is 29.5 Å². The van der Waals surface area contributed by atoms with E-state index in [4.69, 9.17) is 4.74 Å². The Bertz CT molecular complexity index is 978. The Morgan fingerprint density at radius 2 is 2.15 bits per heavy atom. The summed E-state index contributed by atoms with van der Waals surface area (Å²) < 4.78 is 48.4. The van der Waals surface area contributed by atoms with Gasteiger partial charge in [-0.15, -0.1) is 0 Å². The number of anilines is 1. The zero-order valence-electron chi connectivity index (χ0n) is 19.7. The van der Waals surface area contributed by atoms with E-state index >= 15 is 0 Å². The first kappa shape index (κ1) is 24.9. The van der Waals surface area contributed by atoms with Gasteiger partial charge in [-0.2, -0.15) is 18.3 Å². The van der Waals surface area contributed by atoms with Crippen LogP contribution in [0.4, 0.5) is 19.0 Å². The van der Waals surface area contributed by atoms with Crippen LogP contribution < -0.4 is 10.1 Å². The van der Waals surface area contributed by atoms with Gasteiger partial charge in [0.15, 0.2) is 11.6 Å². The smallest absolute Gasteiger partial charge is 0.395 e. The van der Waals surface area contributed by atoms with Crippen molar-refractivity contribution in [2.75, 3.05) is 5.32 Å². The number of rotatable bonds is 9. The van der Waals surface area contributed by atoms with Crippen molar-refractivity contribution in [3.63, 3.8) is 0 Å². The minimum atomic E-state index is -4.28. The largest absolute Gasteiger partial charge is 0.487 e. The number of ether oxygens (including phenoxy) is 1. The standard InChI is InChI=1S/C25H33F3N4O/c1-5-9-18(15-19(10-6-2)25(26,27)28)21-16-22-20(11-8-14-32(22)31-21)30-24-23(33-17(3)4)12-7-13-29-24/h5,7,9,12-13,15-17,19-20H,6,8,10-11,14H2,1-4H3,(H,29,30)/b9-5-,18-15+. The third-order valence-corrected chi connectivity index (χ3v) is 5.52. The average molecular weight is 463 g/mol. The fourth-order valence-electron chi connectivity index (χ4n) is 4.06. The first-order valence-corrected chi connectivity index (χ1v) is 11.6. The lowest BCUT2D eigenvalue weighted by atomic mass is 9.97. The minimum Gasteiger partial charge on any atom is -0.487 e. The third kappa shape index (κ3) is 6.39. The summed E-state index contributed by atoms with van der Waals surface area (Å²) in [6, 6.07) is 5.53. The van der Waals surface area contributed by atoms with Crippen LogP contribution >= 0.6 is 0 Å². The van der Waals surface area contributed by atoms with Gasteiger partial charge in [-0.25, -0.2) is 4.98 Å². The van der Waals surface area contributed by atoms with Crippen molar-refractivity contribution in [2.45, 2.75) is 78.2 Å². The number of halogens is 3.